The summed E-state index contributed by atoms with van der Waals surface area (Å²) in [7, 11) is 2.04. The zero-order valence-corrected chi connectivity index (χ0v) is 8.38. The zero-order valence-electron chi connectivity index (χ0n) is 8.38. The third kappa shape index (κ3) is 1.85. The van der Waals surface area contributed by atoms with Gasteiger partial charge in [-0.1, -0.05) is 12.8 Å². The smallest absolute Gasteiger partial charge is 0.202 e. The molecule has 1 aliphatic carbocycles. The first kappa shape index (κ1) is 8.60. The maximum Gasteiger partial charge on any atom is 0.202 e. The molecule has 0 bridgehead atoms. The van der Waals surface area contributed by atoms with Crippen LogP contribution in [0.5, 0.6) is 0 Å². The number of rotatable bonds is 2. The molecule has 13 heavy (non-hydrogen) atoms. The summed E-state index contributed by atoms with van der Waals surface area (Å²) < 4.78 is 2.06. The summed E-state index contributed by atoms with van der Waals surface area (Å²) >= 11 is 0. The Balaban J connectivity index is 2.03. The lowest BCUT2D eigenvalue weighted by Gasteiger charge is -2.11. The largest absolute Gasteiger partial charge is 0.353 e. The van der Waals surface area contributed by atoms with Crippen LogP contribution in [0.2, 0.25) is 0 Å². The summed E-state index contributed by atoms with van der Waals surface area (Å²) in [6, 6.07) is 0.653. The molecule has 1 aromatic heterocycles. The van der Waals surface area contributed by atoms with E-state index in [-0.39, 0.29) is 0 Å². The Morgan fingerprint density at radius 1 is 1.46 bits per heavy atom. The van der Waals surface area contributed by atoms with Gasteiger partial charge in [0.15, 0.2) is 0 Å². The summed E-state index contributed by atoms with van der Waals surface area (Å²) in [4.78, 5) is 4.43. The van der Waals surface area contributed by atoms with Crippen LogP contribution >= 0.6 is 0 Å². The second-order valence-corrected chi connectivity index (χ2v) is 3.94. The van der Waals surface area contributed by atoms with E-state index in [0.717, 1.165) is 11.6 Å². The summed E-state index contributed by atoms with van der Waals surface area (Å²) in [6.07, 6.45) is 7.37. The molecular weight excluding hydrogens is 162 g/mol. The maximum atomic E-state index is 4.43. The number of nitrogens with one attached hydrogen (secondary N) is 1. The molecule has 0 aromatic carbocycles. The van der Waals surface area contributed by atoms with Gasteiger partial charge >= 0.3 is 0 Å². The van der Waals surface area contributed by atoms with E-state index >= 15 is 0 Å². The van der Waals surface area contributed by atoms with Gasteiger partial charge in [-0.05, 0) is 19.8 Å². The fourth-order valence-electron chi connectivity index (χ4n) is 2.00. The van der Waals surface area contributed by atoms with Crippen molar-refractivity contribution < 1.29 is 0 Å². The number of aromatic nitrogens is 2. The standard InChI is InChI=1S/C10H17N3/c1-8-7-13(2)10(11-8)12-9-5-3-4-6-9/h7,9H,3-6H2,1-2H3,(H,11,12). The molecule has 0 radical (unpaired) electrons. The Kier molecular flexibility index (Phi) is 2.25. The first-order chi connectivity index (χ1) is 6.25. The van der Waals surface area contributed by atoms with Crippen LogP contribution in [0.3, 0.4) is 0 Å². The van der Waals surface area contributed by atoms with Crippen LogP contribution in [0.25, 0.3) is 0 Å². The Morgan fingerprint density at radius 2 is 2.15 bits per heavy atom. The summed E-state index contributed by atoms with van der Waals surface area (Å²) in [6.45, 7) is 2.03. The van der Waals surface area contributed by atoms with E-state index in [4.69, 9.17) is 0 Å². The van der Waals surface area contributed by atoms with Crippen molar-refractivity contribution in [1.82, 2.24) is 9.55 Å². The molecule has 0 saturated heterocycles. The predicted molar refractivity (Wildman–Crippen MR) is 53.8 cm³/mol. The van der Waals surface area contributed by atoms with E-state index in [9.17, 15) is 0 Å². The Morgan fingerprint density at radius 3 is 2.69 bits per heavy atom. The van der Waals surface area contributed by atoms with E-state index in [1.54, 1.807) is 0 Å². The van der Waals surface area contributed by atoms with Crippen LogP contribution in [0.1, 0.15) is 31.4 Å². The number of imidazole rings is 1. The van der Waals surface area contributed by atoms with Crippen molar-refractivity contribution in [1.29, 1.82) is 0 Å². The van der Waals surface area contributed by atoms with Crippen molar-refractivity contribution >= 4 is 5.95 Å². The number of nitrogens with zero attached hydrogens (tertiary/aromatic N) is 2. The Hall–Kier alpha value is -0.990. The van der Waals surface area contributed by atoms with Crippen molar-refractivity contribution in [3.05, 3.63) is 11.9 Å². The van der Waals surface area contributed by atoms with Crippen LogP contribution in [-0.4, -0.2) is 15.6 Å². The van der Waals surface area contributed by atoms with Gasteiger partial charge in [0.1, 0.15) is 0 Å². The van der Waals surface area contributed by atoms with Crippen LogP contribution < -0.4 is 5.32 Å². The van der Waals surface area contributed by atoms with Gasteiger partial charge in [0, 0.05) is 19.3 Å². The lowest BCUT2D eigenvalue weighted by molar-refractivity contribution is 0.732. The molecule has 1 heterocycles. The van der Waals surface area contributed by atoms with E-state index in [1.807, 2.05) is 14.0 Å². The number of anilines is 1. The molecule has 3 heteroatoms. The monoisotopic (exact) mass is 179 g/mol. The van der Waals surface area contributed by atoms with Crippen LogP contribution in [0.4, 0.5) is 5.95 Å². The summed E-state index contributed by atoms with van der Waals surface area (Å²) in [5.74, 6) is 1.02. The highest BCUT2D eigenvalue weighted by atomic mass is 15.2. The fraction of sp³-hybridized carbons (Fsp3) is 0.700. The number of hydrogen-bond donors (Lipinski definition) is 1. The van der Waals surface area contributed by atoms with Crippen LogP contribution in [-0.2, 0) is 7.05 Å². The van der Waals surface area contributed by atoms with Crippen LogP contribution in [0, 0.1) is 6.92 Å². The molecule has 72 valence electrons. The Bertz CT molecular complexity index is 284. The first-order valence-electron chi connectivity index (χ1n) is 5.02. The first-order valence-corrected chi connectivity index (χ1v) is 5.02. The predicted octanol–water partition coefficient (Wildman–Crippen LogP) is 2.08. The van der Waals surface area contributed by atoms with Crippen molar-refractivity contribution in [2.24, 2.45) is 7.05 Å². The Labute approximate surface area is 79.2 Å². The highest BCUT2D eigenvalue weighted by molar-refractivity contribution is 5.29. The molecule has 0 aliphatic heterocycles. The minimum Gasteiger partial charge on any atom is -0.353 e. The molecule has 0 atom stereocenters. The van der Waals surface area contributed by atoms with E-state index < -0.39 is 0 Å². The van der Waals surface area contributed by atoms with Gasteiger partial charge in [0.05, 0.1) is 5.69 Å². The van der Waals surface area contributed by atoms with Gasteiger partial charge in [-0.15, -0.1) is 0 Å². The molecule has 0 unspecified atom stereocenters. The molecular formula is C10H17N3. The number of aryl methyl sites for hydroxylation is 2. The summed E-state index contributed by atoms with van der Waals surface area (Å²) in [5, 5.41) is 3.48. The number of hydrogen-bond acceptors (Lipinski definition) is 2. The highest BCUT2D eigenvalue weighted by Gasteiger charge is 2.16. The molecule has 1 N–H and O–H groups in total. The molecule has 1 aliphatic rings. The van der Waals surface area contributed by atoms with Gasteiger partial charge in [-0.25, -0.2) is 4.98 Å². The fourth-order valence-corrected chi connectivity index (χ4v) is 2.00. The normalized spacial score (nSPS) is 18.0. The molecule has 0 spiro atoms. The SMILES string of the molecule is Cc1cn(C)c(NC2CCCC2)n1. The van der Waals surface area contributed by atoms with Crippen molar-refractivity contribution in [2.75, 3.05) is 5.32 Å². The minimum atomic E-state index is 0.653. The maximum absolute atomic E-state index is 4.43. The average molecular weight is 179 g/mol. The zero-order chi connectivity index (χ0) is 9.26. The molecule has 2 rings (SSSR count). The van der Waals surface area contributed by atoms with Gasteiger partial charge in [-0.2, -0.15) is 0 Å². The van der Waals surface area contributed by atoms with Gasteiger partial charge in [-0.3, -0.25) is 0 Å². The van der Waals surface area contributed by atoms with Gasteiger partial charge in [0.25, 0.3) is 0 Å². The second kappa shape index (κ2) is 3.40. The minimum absolute atomic E-state index is 0.653. The molecule has 0 amide bonds. The quantitative estimate of drug-likeness (QED) is 0.753. The van der Waals surface area contributed by atoms with E-state index in [0.29, 0.717) is 6.04 Å². The highest BCUT2D eigenvalue weighted by Crippen LogP contribution is 2.21. The third-order valence-electron chi connectivity index (χ3n) is 2.69. The molecule has 3 nitrogen and oxygen atoms in total. The lowest BCUT2D eigenvalue weighted by Crippen LogP contribution is -2.17. The van der Waals surface area contributed by atoms with E-state index in [1.165, 1.54) is 25.7 Å². The van der Waals surface area contributed by atoms with Gasteiger partial charge in [0.2, 0.25) is 5.95 Å². The average Bonchev–Trinajstić information content (AvgIpc) is 2.63. The van der Waals surface area contributed by atoms with Crippen molar-refractivity contribution in [3.63, 3.8) is 0 Å². The van der Waals surface area contributed by atoms with Gasteiger partial charge < -0.3 is 9.88 Å². The van der Waals surface area contributed by atoms with E-state index in [2.05, 4.69) is 21.1 Å². The van der Waals surface area contributed by atoms with Crippen molar-refractivity contribution in [3.8, 4) is 0 Å². The topological polar surface area (TPSA) is 29.9 Å². The lowest BCUT2D eigenvalue weighted by atomic mass is 10.3. The molecule has 1 fully saturated rings. The van der Waals surface area contributed by atoms with Crippen LogP contribution in [0.15, 0.2) is 6.20 Å². The van der Waals surface area contributed by atoms with Crippen molar-refractivity contribution in [2.45, 2.75) is 38.6 Å². The second-order valence-electron chi connectivity index (χ2n) is 3.94. The molecule has 1 saturated carbocycles. The molecule has 1 aromatic rings. The summed E-state index contributed by atoms with van der Waals surface area (Å²) in [5.41, 5.74) is 1.09. The third-order valence-corrected chi connectivity index (χ3v) is 2.69.